The third kappa shape index (κ3) is 5.41. The Bertz CT molecular complexity index is 74.5. The molecule has 0 aliphatic carbocycles. The third-order valence-electron chi connectivity index (χ3n) is 0.955. The average Bonchev–Trinajstić information content (AvgIpc) is 1.81. The van der Waals surface area contributed by atoms with Crippen molar-refractivity contribution < 1.29 is 0 Å². The first-order chi connectivity index (χ1) is 3.91. The second kappa shape index (κ2) is 6.41. The van der Waals surface area contributed by atoms with Crippen LogP contribution in [0.25, 0.3) is 0 Å². The van der Waals surface area contributed by atoms with Gasteiger partial charge in [-0.1, -0.05) is 12.2 Å². The van der Waals surface area contributed by atoms with Crippen LogP contribution in [0.3, 0.4) is 0 Å². The fourth-order valence-electron chi connectivity index (χ4n) is 0.504. The second-order valence-corrected chi connectivity index (χ2v) is 1.70. The maximum absolute atomic E-state index is 6.69. The Morgan fingerprint density at radius 1 is 1.38 bits per heavy atom. The van der Waals surface area contributed by atoms with E-state index in [9.17, 15) is 0 Å². The molecule has 0 fully saturated rings. The molecule has 0 amide bonds. The number of allylic oxidation sites excluding steroid dienone is 2. The Kier molecular flexibility index (Phi) is 5.94. The first-order valence-corrected chi connectivity index (χ1v) is 3.02. The van der Waals surface area contributed by atoms with E-state index in [0.29, 0.717) is 0 Å². The zero-order valence-corrected chi connectivity index (χ0v) is 5.35. The molecule has 1 heteroatoms. The van der Waals surface area contributed by atoms with Crippen LogP contribution in [0.2, 0.25) is 0 Å². The van der Waals surface area contributed by atoms with E-state index in [1.165, 1.54) is 6.21 Å². The third-order valence-corrected chi connectivity index (χ3v) is 0.955. The molecule has 0 atom stereocenters. The molecule has 1 nitrogen and oxygen atoms in total. The highest BCUT2D eigenvalue weighted by molar-refractivity contribution is 5.52. The molecule has 8 heavy (non-hydrogen) atoms. The summed E-state index contributed by atoms with van der Waals surface area (Å²) in [5, 5.41) is 6.69. The van der Waals surface area contributed by atoms with Gasteiger partial charge in [0.05, 0.1) is 0 Å². The van der Waals surface area contributed by atoms with Crippen LogP contribution in [0.15, 0.2) is 12.2 Å². The summed E-state index contributed by atoms with van der Waals surface area (Å²) in [6.07, 6.45) is 8.79. The number of hydrogen-bond donors (Lipinski definition) is 1. The Morgan fingerprint density at radius 2 is 2.12 bits per heavy atom. The van der Waals surface area contributed by atoms with Crippen molar-refractivity contribution in [2.45, 2.75) is 26.2 Å². The largest absolute Gasteiger partial charge is 0.313 e. The summed E-state index contributed by atoms with van der Waals surface area (Å²) in [5.41, 5.74) is 0. The highest BCUT2D eigenvalue weighted by atomic mass is 14.3. The fourth-order valence-corrected chi connectivity index (χ4v) is 0.504. The van der Waals surface area contributed by atoms with E-state index in [2.05, 4.69) is 6.08 Å². The molecular formula is C7H13N. The first kappa shape index (κ1) is 7.41. The number of rotatable bonds is 4. The van der Waals surface area contributed by atoms with E-state index < -0.39 is 0 Å². The Hall–Kier alpha value is -0.590. The highest BCUT2D eigenvalue weighted by Gasteiger charge is 1.76. The molecule has 0 saturated carbocycles. The van der Waals surface area contributed by atoms with Crippen LogP contribution in [-0.2, 0) is 0 Å². The predicted molar refractivity (Wildman–Crippen MR) is 37.4 cm³/mol. The van der Waals surface area contributed by atoms with Gasteiger partial charge in [-0.25, -0.2) is 0 Å². The van der Waals surface area contributed by atoms with Crippen molar-refractivity contribution in [1.82, 2.24) is 0 Å². The molecule has 46 valence electrons. The molecule has 0 saturated heterocycles. The molecule has 0 aliphatic rings. The van der Waals surface area contributed by atoms with Crippen LogP contribution in [0.5, 0.6) is 0 Å². The van der Waals surface area contributed by atoms with Gasteiger partial charge in [0.2, 0.25) is 0 Å². The molecule has 0 bridgehead atoms. The topological polar surface area (TPSA) is 23.9 Å². The van der Waals surface area contributed by atoms with E-state index in [0.717, 1.165) is 19.3 Å². The molecule has 0 aromatic carbocycles. The van der Waals surface area contributed by atoms with Gasteiger partial charge in [0.1, 0.15) is 0 Å². The van der Waals surface area contributed by atoms with Gasteiger partial charge in [-0.2, -0.15) is 0 Å². The van der Waals surface area contributed by atoms with Gasteiger partial charge in [0.15, 0.2) is 0 Å². The minimum atomic E-state index is 0.921. The van der Waals surface area contributed by atoms with Crippen LogP contribution < -0.4 is 0 Å². The second-order valence-electron chi connectivity index (χ2n) is 1.70. The van der Waals surface area contributed by atoms with Crippen LogP contribution in [0.4, 0.5) is 0 Å². The minimum absolute atomic E-state index is 0.921. The standard InChI is InChI=1S/C7H13N/c1-2-3-4-5-6-7-8/h2-3,7-8H,4-6H2,1H3/b3-2+,8-7?. The summed E-state index contributed by atoms with van der Waals surface area (Å²) in [7, 11) is 0. The molecule has 0 heterocycles. The van der Waals surface area contributed by atoms with Crippen molar-refractivity contribution in [3.8, 4) is 0 Å². The van der Waals surface area contributed by atoms with Crippen molar-refractivity contribution in [3.63, 3.8) is 0 Å². The average molecular weight is 111 g/mol. The van der Waals surface area contributed by atoms with Crippen LogP contribution in [-0.4, -0.2) is 6.21 Å². The summed E-state index contributed by atoms with van der Waals surface area (Å²) in [6, 6.07) is 0. The van der Waals surface area contributed by atoms with Gasteiger partial charge in [-0.3, -0.25) is 0 Å². The molecular weight excluding hydrogens is 98.1 g/mol. The summed E-state index contributed by atoms with van der Waals surface area (Å²) < 4.78 is 0. The van der Waals surface area contributed by atoms with Crippen molar-refractivity contribution >= 4 is 6.21 Å². The molecule has 0 radical (unpaired) electrons. The van der Waals surface area contributed by atoms with E-state index in [1.807, 2.05) is 13.0 Å². The molecule has 0 aromatic rings. The smallest absolute Gasteiger partial charge is 0.00476 e. The van der Waals surface area contributed by atoms with Gasteiger partial charge < -0.3 is 5.41 Å². The van der Waals surface area contributed by atoms with Crippen LogP contribution in [0.1, 0.15) is 26.2 Å². The zero-order valence-electron chi connectivity index (χ0n) is 5.35. The molecule has 0 spiro atoms. The van der Waals surface area contributed by atoms with Crippen LogP contribution in [0, 0.1) is 5.41 Å². The van der Waals surface area contributed by atoms with Gasteiger partial charge in [-0.05, 0) is 32.4 Å². The molecule has 0 rings (SSSR count). The lowest BCUT2D eigenvalue weighted by molar-refractivity contribution is 0.900. The SMILES string of the molecule is C/C=C/CCCC=N. The Labute approximate surface area is 50.9 Å². The Morgan fingerprint density at radius 3 is 2.62 bits per heavy atom. The van der Waals surface area contributed by atoms with Crippen molar-refractivity contribution in [1.29, 1.82) is 5.41 Å². The molecule has 1 N–H and O–H groups in total. The minimum Gasteiger partial charge on any atom is -0.313 e. The van der Waals surface area contributed by atoms with Gasteiger partial charge in [0.25, 0.3) is 0 Å². The van der Waals surface area contributed by atoms with E-state index >= 15 is 0 Å². The summed E-state index contributed by atoms with van der Waals surface area (Å²) in [4.78, 5) is 0. The Balaban J connectivity index is 2.82. The lowest BCUT2D eigenvalue weighted by atomic mass is 10.2. The fraction of sp³-hybridized carbons (Fsp3) is 0.571. The zero-order chi connectivity index (χ0) is 6.24. The molecule has 0 aromatic heterocycles. The van der Waals surface area contributed by atoms with Crippen molar-refractivity contribution in [3.05, 3.63) is 12.2 Å². The predicted octanol–water partition coefficient (Wildman–Crippen LogP) is 2.38. The van der Waals surface area contributed by atoms with E-state index in [-0.39, 0.29) is 0 Å². The first-order valence-electron chi connectivity index (χ1n) is 3.02. The normalized spacial score (nSPS) is 10.1. The van der Waals surface area contributed by atoms with Crippen molar-refractivity contribution in [2.75, 3.05) is 0 Å². The maximum atomic E-state index is 6.69. The monoisotopic (exact) mass is 111 g/mol. The highest BCUT2D eigenvalue weighted by Crippen LogP contribution is 1.92. The molecule has 0 aliphatic heterocycles. The quantitative estimate of drug-likeness (QED) is 0.327. The number of nitrogens with one attached hydrogen (secondary N) is 1. The van der Waals surface area contributed by atoms with E-state index in [1.54, 1.807) is 0 Å². The maximum Gasteiger partial charge on any atom is -0.00476 e. The summed E-state index contributed by atoms with van der Waals surface area (Å²) in [6.45, 7) is 2.02. The molecule has 0 unspecified atom stereocenters. The summed E-state index contributed by atoms with van der Waals surface area (Å²) in [5.74, 6) is 0. The van der Waals surface area contributed by atoms with E-state index in [4.69, 9.17) is 5.41 Å². The van der Waals surface area contributed by atoms with Gasteiger partial charge in [-0.15, -0.1) is 0 Å². The van der Waals surface area contributed by atoms with Crippen molar-refractivity contribution in [2.24, 2.45) is 0 Å². The van der Waals surface area contributed by atoms with Gasteiger partial charge >= 0.3 is 0 Å². The number of hydrogen-bond acceptors (Lipinski definition) is 1. The lowest BCUT2D eigenvalue weighted by Crippen LogP contribution is -1.71. The summed E-state index contributed by atoms with van der Waals surface area (Å²) >= 11 is 0. The number of unbranched alkanes of at least 4 members (excludes halogenated alkanes) is 2. The van der Waals surface area contributed by atoms with Crippen LogP contribution >= 0.6 is 0 Å². The van der Waals surface area contributed by atoms with Gasteiger partial charge in [0, 0.05) is 0 Å². The lowest BCUT2D eigenvalue weighted by Gasteiger charge is -1.84.